The molecule has 3 amide bonds. The van der Waals surface area contributed by atoms with Gasteiger partial charge in [-0.3, -0.25) is 29.8 Å². The Bertz CT molecular complexity index is 2100. The van der Waals surface area contributed by atoms with Crippen LogP contribution in [0.5, 0.6) is 0 Å². The monoisotopic (exact) mass is 1290 g/mol. The molecule has 3 aliphatic rings. The van der Waals surface area contributed by atoms with Crippen LogP contribution in [-0.4, -0.2) is 318 Å². The fraction of sp³-hybridized carbons (Fsp3) is 0.812. The number of aliphatic hydroxyl groups excluding tert-OH is 15. The second-order valence-electron chi connectivity index (χ2n) is 21.7. The molecule has 0 aromatic heterocycles. The van der Waals surface area contributed by atoms with Crippen LogP contribution in [0.15, 0.2) is 0 Å². The Kier molecular flexibility index (Phi) is 35.9. The van der Waals surface area contributed by atoms with Gasteiger partial charge in [0.1, 0.15) is 61.0 Å². The number of aldehydes is 1. The molecule has 40 heteroatoms. The van der Waals surface area contributed by atoms with Gasteiger partial charge >= 0.3 is 0 Å². The minimum absolute atomic E-state index is 0.159. The summed E-state index contributed by atoms with van der Waals surface area (Å²) in [6, 6.07) is -3.50. The molecule has 0 aromatic carbocycles. The van der Waals surface area contributed by atoms with Gasteiger partial charge in [0.25, 0.3) is 11.9 Å². The summed E-state index contributed by atoms with van der Waals surface area (Å²) >= 11 is 0. The molecule has 0 spiro atoms. The van der Waals surface area contributed by atoms with Gasteiger partial charge in [0.15, 0.2) is 42.4 Å². The van der Waals surface area contributed by atoms with Crippen LogP contribution >= 0.6 is 0 Å². The summed E-state index contributed by atoms with van der Waals surface area (Å²) in [7, 11) is 1.55. The number of hydrogen-bond acceptors (Lipinski definition) is 32. The Morgan fingerprint density at radius 1 is 0.591 bits per heavy atom. The molecule has 3 rings (SSSR count). The number of ether oxygens (including phenoxy) is 4. The molecular weight excluding hydrogens is 1200 g/mol. The highest BCUT2D eigenvalue weighted by atomic mass is 16.8. The largest absolute Gasteiger partial charge is 0.550 e. The molecule has 1 saturated carbocycles. The van der Waals surface area contributed by atoms with Gasteiger partial charge in [0, 0.05) is 73.0 Å². The number of nitrogens with two attached hydrogens (primary N) is 5. The van der Waals surface area contributed by atoms with Crippen molar-refractivity contribution in [2.75, 3.05) is 72.9 Å². The van der Waals surface area contributed by atoms with Crippen molar-refractivity contribution in [2.45, 2.75) is 157 Å². The third-order valence-electron chi connectivity index (χ3n) is 14.5. The van der Waals surface area contributed by atoms with Gasteiger partial charge < -0.3 is 163 Å². The van der Waals surface area contributed by atoms with Crippen molar-refractivity contribution < 1.29 is 165 Å². The van der Waals surface area contributed by atoms with E-state index in [2.05, 4.69) is 16.0 Å². The number of carboxylic acid groups (broad SMARTS) is 3. The number of rotatable bonds is 30. The molecule has 0 aromatic rings. The molecule has 31 N–H and O–H groups in total. The first kappa shape index (κ1) is 82.5. The predicted molar refractivity (Wildman–Crippen MR) is 281 cm³/mol. The van der Waals surface area contributed by atoms with Gasteiger partial charge in [-0.2, -0.15) is 0 Å². The van der Waals surface area contributed by atoms with Crippen LogP contribution in [0.1, 0.15) is 47.0 Å². The average molecular weight is 1290 g/mol. The SMILES string of the molecule is CC(CO)(CO)C(O)C(=O)NCCC(=O)[O-].CC(CO)(CO)C(O)C(=O)NCCC(=O)[O-].CC(CO)(CO)C(O)C(=O)NCCC(=O)[O-].C[NH2+][C@@H]1[C@H](O[C@H]2[C@H](O[C@H]3[C@H](O)[C@@H](O)[C@H]([NH2+]C(=N)N)[C@@H](O)[C@@H]3[NH2+]C(=N)N)O[C@@H](C)[C@]2(O)C=O)O[C@@H](CO)[C@H](O)[C@H]1O. The molecule has 2 heterocycles. The number of quaternary nitrogens is 3. The Morgan fingerprint density at radius 2 is 0.943 bits per heavy atom. The minimum Gasteiger partial charge on any atom is -0.550 e. The van der Waals surface area contributed by atoms with Gasteiger partial charge in [0.05, 0.1) is 59.4 Å². The fourth-order valence-electron chi connectivity index (χ4n) is 8.20. The molecule has 18 atom stereocenters. The zero-order valence-corrected chi connectivity index (χ0v) is 48.8. The highest BCUT2D eigenvalue weighted by Crippen LogP contribution is 2.37. The summed E-state index contributed by atoms with van der Waals surface area (Å²) in [5.41, 5.74) is 4.48. The van der Waals surface area contributed by atoms with Crippen molar-refractivity contribution in [1.29, 1.82) is 10.8 Å². The summed E-state index contributed by atoms with van der Waals surface area (Å²) in [5.74, 6) is -7.48. The minimum atomic E-state index is -2.36. The number of carbonyl (C=O) groups excluding carboxylic acids is 7. The van der Waals surface area contributed by atoms with Gasteiger partial charge in [0.2, 0.25) is 24.0 Å². The number of aliphatic carboxylic acids is 3. The zero-order valence-electron chi connectivity index (χ0n) is 48.8. The number of likely N-dealkylation sites (N-methyl/N-ethyl adjacent to an activating group) is 1. The highest BCUT2D eigenvalue weighted by molar-refractivity contribution is 5.83. The standard InChI is InChI=1S/C21H39N7O12.3C9H17NO6/c1-5-21(36,4-30)16(40-17-9(26-2)13(34)10(31)6(3-29)38-17)18(37-5)39-15-8(28-20(24)25)11(32)7(27-19(22)23)12(33)14(15)35;3*1-9(4-11,5-12)7(15)8(16)10-3-2-6(13)14/h4-18,26,29,31-36H,3H2,1-2H3,(H4,22,23,27)(H4,24,25,28);3*7,11-12,15H,2-5H2,1H3,(H,10,16)(H,13,14)/t5-,6-,7+,8-,9-,10-,11+,12-,13-,14+,15+,16-,17-,18-,21+;;;/m0.../s1. The van der Waals surface area contributed by atoms with Crippen molar-refractivity contribution in [1.82, 2.24) is 16.0 Å². The maximum absolute atomic E-state index is 12.1. The van der Waals surface area contributed by atoms with Gasteiger partial charge in [-0.15, -0.1) is 0 Å². The number of carbonyl (C=O) groups is 7. The van der Waals surface area contributed by atoms with Crippen LogP contribution in [0.3, 0.4) is 0 Å². The first-order valence-electron chi connectivity index (χ1n) is 26.9. The number of amides is 3. The van der Waals surface area contributed by atoms with Gasteiger partial charge in [-0.05, 0) is 6.92 Å². The lowest BCUT2D eigenvalue weighted by Gasteiger charge is -2.44. The number of hydrogen-bond donors (Lipinski definition) is 26. The van der Waals surface area contributed by atoms with E-state index >= 15 is 0 Å². The van der Waals surface area contributed by atoms with Crippen LogP contribution < -0.4 is 58.7 Å². The Morgan fingerprint density at radius 3 is 1.25 bits per heavy atom. The van der Waals surface area contributed by atoms with Gasteiger partial charge in [-0.1, -0.05) is 20.8 Å². The summed E-state index contributed by atoms with van der Waals surface area (Å²) in [4.78, 5) is 76.1. The zero-order chi connectivity index (χ0) is 68.4. The molecule has 3 fully saturated rings. The Hall–Kier alpha value is -5.49. The highest BCUT2D eigenvalue weighted by Gasteiger charge is 2.62. The van der Waals surface area contributed by atoms with Crippen molar-refractivity contribution in [3.63, 3.8) is 0 Å². The molecule has 0 radical (unpaired) electrons. The van der Waals surface area contributed by atoms with Crippen LogP contribution in [0.2, 0.25) is 0 Å². The average Bonchev–Trinajstić information content (AvgIpc) is 2.56. The maximum atomic E-state index is 12.1. The molecule has 40 nitrogen and oxygen atoms in total. The third-order valence-corrected chi connectivity index (χ3v) is 14.5. The fourth-order valence-corrected chi connectivity index (χ4v) is 8.20. The lowest BCUT2D eigenvalue weighted by Crippen LogP contribution is -3.08. The number of aliphatic hydroxyl groups is 16. The number of carboxylic acids is 3. The van der Waals surface area contributed by atoms with E-state index in [4.69, 9.17) is 71.9 Å². The molecular formula is C48H90N10O30. The number of guanidine groups is 2. The summed E-state index contributed by atoms with van der Waals surface area (Å²) in [6.45, 7) is 0.691. The molecule has 1 aliphatic carbocycles. The van der Waals surface area contributed by atoms with Crippen LogP contribution in [0, 0.1) is 27.1 Å². The maximum Gasteiger partial charge on any atom is 0.289 e. The predicted octanol–water partition coefficient (Wildman–Crippen LogP) is -21.0. The molecule has 512 valence electrons. The van der Waals surface area contributed by atoms with Crippen LogP contribution in [0.4, 0.5) is 0 Å². The van der Waals surface area contributed by atoms with Crippen molar-refractivity contribution >= 4 is 53.8 Å². The molecule has 0 bridgehead atoms. The third kappa shape index (κ3) is 23.4. The normalized spacial score (nSPS) is 28.9. The van der Waals surface area contributed by atoms with Crippen molar-refractivity contribution in [3.05, 3.63) is 0 Å². The second-order valence-corrected chi connectivity index (χ2v) is 21.7. The van der Waals surface area contributed by atoms with Crippen molar-refractivity contribution in [3.8, 4) is 0 Å². The topological polar surface area (TPSA) is 735 Å². The van der Waals surface area contributed by atoms with E-state index < -0.39 is 220 Å². The van der Waals surface area contributed by atoms with E-state index in [0.717, 1.165) is 10.6 Å². The second kappa shape index (κ2) is 38.3. The van der Waals surface area contributed by atoms with Crippen molar-refractivity contribution in [2.24, 2.45) is 27.7 Å². The van der Waals surface area contributed by atoms with E-state index in [1.165, 1.54) is 33.0 Å². The van der Waals surface area contributed by atoms with E-state index in [0.29, 0.717) is 0 Å². The summed E-state index contributed by atoms with van der Waals surface area (Å²) < 4.78 is 23.1. The number of nitrogens with one attached hydrogen (secondary N) is 5. The van der Waals surface area contributed by atoms with E-state index in [-0.39, 0.29) is 45.2 Å². The Balaban J connectivity index is 0.00000130. The van der Waals surface area contributed by atoms with E-state index in [1.54, 1.807) is 7.05 Å². The Labute approximate surface area is 502 Å². The lowest BCUT2D eigenvalue weighted by atomic mass is 9.81. The molecule has 2 saturated heterocycles. The van der Waals surface area contributed by atoms with Gasteiger partial charge in [-0.25, -0.2) is 10.8 Å². The van der Waals surface area contributed by atoms with E-state index in [9.17, 15) is 99.9 Å². The first-order valence-corrected chi connectivity index (χ1v) is 26.9. The first-order chi connectivity index (χ1) is 40.8. The molecule has 3 unspecified atom stereocenters. The molecule has 2 aliphatic heterocycles. The van der Waals surface area contributed by atoms with Crippen LogP contribution in [-0.2, 0) is 52.5 Å². The lowest BCUT2D eigenvalue weighted by molar-refractivity contribution is -0.696. The summed E-state index contributed by atoms with van der Waals surface area (Å²) in [5, 5.41) is 212. The quantitative estimate of drug-likeness (QED) is 0.0180. The molecule has 88 heavy (non-hydrogen) atoms. The van der Waals surface area contributed by atoms with Crippen LogP contribution in [0.25, 0.3) is 0 Å². The van der Waals surface area contributed by atoms with E-state index in [1.807, 2.05) is 0 Å². The smallest absolute Gasteiger partial charge is 0.289 e. The summed E-state index contributed by atoms with van der Waals surface area (Å²) in [6.07, 6.45) is -22.5.